The van der Waals surface area contributed by atoms with Crippen molar-refractivity contribution in [2.75, 3.05) is 0 Å². The second-order valence-corrected chi connectivity index (χ2v) is 4.30. The summed E-state index contributed by atoms with van der Waals surface area (Å²) in [5, 5.41) is 2.79. The third-order valence-electron chi connectivity index (χ3n) is 2.95. The number of benzene rings is 1. The van der Waals surface area contributed by atoms with Crippen molar-refractivity contribution in [3.05, 3.63) is 72.7 Å². The highest BCUT2D eigenvalue weighted by Gasteiger charge is 2.06. The van der Waals surface area contributed by atoms with Gasteiger partial charge in [0.25, 0.3) is 5.91 Å². The molecule has 0 saturated carbocycles. The molecule has 3 aromatic rings. The highest BCUT2D eigenvalue weighted by Crippen LogP contribution is 2.10. The van der Waals surface area contributed by atoms with Gasteiger partial charge in [0.15, 0.2) is 6.39 Å². The molecule has 0 unspecified atom stereocenters. The molecule has 1 amide bonds. The third-order valence-corrected chi connectivity index (χ3v) is 2.95. The van der Waals surface area contributed by atoms with Crippen LogP contribution in [-0.4, -0.2) is 15.5 Å². The molecule has 0 aliphatic carbocycles. The quantitative estimate of drug-likeness (QED) is 0.789. The van der Waals surface area contributed by atoms with E-state index in [4.69, 9.17) is 4.42 Å². The van der Waals surface area contributed by atoms with E-state index in [2.05, 4.69) is 10.3 Å². The molecule has 5 heteroatoms. The number of hydrogen-bond acceptors (Lipinski definition) is 3. The average Bonchev–Trinajstić information content (AvgIpc) is 3.18. The van der Waals surface area contributed by atoms with E-state index in [0.717, 1.165) is 5.69 Å². The molecule has 0 fully saturated rings. The van der Waals surface area contributed by atoms with Gasteiger partial charge in [-0.25, -0.2) is 4.98 Å². The minimum atomic E-state index is -0.132. The summed E-state index contributed by atoms with van der Waals surface area (Å²) in [5.41, 5.74) is 2.33. The molecule has 5 nitrogen and oxygen atoms in total. The lowest BCUT2D eigenvalue weighted by molar-refractivity contribution is 0.0950. The van der Waals surface area contributed by atoms with Gasteiger partial charge in [0.1, 0.15) is 6.26 Å². The Morgan fingerprint density at radius 1 is 1.20 bits per heavy atom. The van der Waals surface area contributed by atoms with Crippen LogP contribution in [0.4, 0.5) is 0 Å². The van der Waals surface area contributed by atoms with E-state index in [9.17, 15) is 4.79 Å². The van der Waals surface area contributed by atoms with Gasteiger partial charge in [0, 0.05) is 23.6 Å². The van der Waals surface area contributed by atoms with Crippen LogP contribution in [-0.2, 0) is 6.54 Å². The Hall–Kier alpha value is -2.82. The first kappa shape index (κ1) is 12.2. The van der Waals surface area contributed by atoms with Crippen LogP contribution in [0, 0.1) is 0 Å². The second kappa shape index (κ2) is 5.44. The van der Waals surface area contributed by atoms with Crippen molar-refractivity contribution in [1.29, 1.82) is 0 Å². The molecule has 100 valence electrons. The van der Waals surface area contributed by atoms with Crippen LogP contribution >= 0.6 is 0 Å². The molecule has 1 aromatic carbocycles. The van der Waals surface area contributed by atoms with Gasteiger partial charge in [-0.05, 0) is 36.4 Å². The minimum absolute atomic E-state index is 0.132. The predicted octanol–water partition coefficient (Wildman–Crippen LogP) is 2.40. The fraction of sp³-hybridized carbons (Fsp3) is 0.0667. The number of amides is 1. The molecule has 0 bridgehead atoms. The summed E-state index contributed by atoms with van der Waals surface area (Å²) in [7, 11) is 0. The van der Waals surface area contributed by atoms with Gasteiger partial charge in [-0.1, -0.05) is 0 Å². The van der Waals surface area contributed by atoms with Gasteiger partial charge >= 0.3 is 0 Å². The third kappa shape index (κ3) is 2.61. The Kier molecular flexibility index (Phi) is 3.33. The number of hydrogen-bond donors (Lipinski definition) is 1. The largest absolute Gasteiger partial charge is 0.451 e. The number of aromatic nitrogens is 2. The van der Waals surface area contributed by atoms with Crippen LogP contribution in [0.15, 0.2) is 65.9 Å². The smallest absolute Gasteiger partial charge is 0.251 e. The first-order valence-corrected chi connectivity index (χ1v) is 6.21. The molecule has 0 aliphatic heterocycles. The molecule has 0 spiro atoms. The van der Waals surface area contributed by atoms with Gasteiger partial charge in [-0.2, -0.15) is 0 Å². The molecular weight excluding hydrogens is 254 g/mol. The summed E-state index contributed by atoms with van der Waals surface area (Å²) >= 11 is 0. The first-order chi connectivity index (χ1) is 9.83. The van der Waals surface area contributed by atoms with E-state index in [0.29, 0.717) is 17.8 Å². The van der Waals surface area contributed by atoms with Crippen LogP contribution < -0.4 is 5.32 Å². The summed E-state index contributed by atoms with van der Waals surface area (Å²) in [5.74, 6) is -0.132. The van der Waals surface area contributed by atoms with Crippen LogP contribution in [0.1, 0.15) is 16.1 Å². The average molecular weight is 267 g/mol. The molecule has 2 aromatic heterocycles. The summed E-state index contributed by atoms with van der Waals surface area (Å²) in [6.45, 7) is 0.356. The zero-order valence-electron chi connectivity index (χ0n) is 10.7. The van der Waals surface area contributed by atoms with E-state index >= 15 is 0 Å². The normalized spacial score (nSPS) is 10.4. The van der Waals surface area contributed by atoms with Gasteiger partial charge in [0.05, 0.1) is 12.2 Å². The van der Waals surface area contributed by atoms with Crippen molar-refractivity contribution in [3.63, 3.8) is 0 Å². The Labute approximate surface area is 115 Å². The number of oxazole rings is 1. The SMILES string of the molecule is O=C(NCc1cocn1)c1ccc(-n2cccc2)cc1. The summed E-state index contributed by atoms with van der Waals surface area (Å²) in [6.07, 6.45) is 6.77. The molecule has 3 rings (SSSR count). The summed E-state index contributed by atoms with van der Waals surface area (Å²) in [4.78, 5) is 15.9. The van der Waals surface area contributed by atoms with Gasteiger partial charge in [-0.3, -0.25) is 4.79 Å². The Balaban J connectivity index is 1.66. The molecule has 2 heterocycles. The van der Waals surface area contributed by atoms with Crippen molar-refractivity contribution < 1.29 is 9.21 Å². The molecule has 0 aliphatic rings. The van der Waals surface area contributed by atoms with Crippen molar-refractivity contribution in [2.24, 2.45) is 0 Å². The maximum Gasteiger partial charge on any atom is 0.251 e. The first-order valence-electron chi connectivity index (χ1n) is 6.21. The van der Waals surface area contributed by atoms with Gasteiger partial charge < -0.3 is 14.3 Å². The maximum absolute atomic E-state index is 12.0. The molecule has 0 saturated heterocycles. The zero-order chi connectivity index (χ0) is 13.8. The van der Waals surface area contributed by atoms with E-state index in [1.54, 1.807) is 12.1 Å². The van der Waals surface area contributed by atoms with E-state index in [1.807, 2.05) is 41.2 Å². The van der Waals surface area contributed by atoms with Gasteiger partial charge in [-0.15, -0.1) is 0 Å². The fourth-order valence-corrected chi connectivity index (χ4v) is 1.89. The topological polar surface area (TPSA) is 60.1 Å². The number of nitrogens with one attached hydrogen (secondary N) is 1. The van der Waals surface area contributed by atoms with Crippen LogP contribution in [0.5, 0.6) is 0 Å². The monoisotopic (exact) mass is 267 g/mol. The molecular formula is C15H13N3O2. The van der Waals surface area contributed by atoms with Crippen molar-refractivity contribution in [3.8, 4) is 5.69 Å². The highest BCUT2D eigenvalue weighted by molar-refractivity contribution is 5.94. The van der Waals surface area contributed by atoms with Crippen molar-refractivity contribution >= 4 is 5.91 Å². The number of carbonyl (C=O) groups excluding carboxylic acids is 1. The lowest BCUT2D eigenvalue weighted by Crippen LogP contribution is -2.22. The summed E-state index contributed by atoms with van der Waals surface area (Å²) < 4.78 is 6.83. The number of carbonyl (C=O) groups is 1. The molecule has 0 atom stereocenters. The molecule has 1 N–H and O–H groups in total. The predicted molar refractivity (Wildman–Crippen MR) is 73.4 cm³/mol. The van der Waals surface area contributed by atoms with Crippen molar-refractivity contribution in [2.45, 2.75) is 6.54 Å². The van der Waals surface area contributed by atoms with Crippen LogP contribution in [0.25, 0.3) is 5.69 Å². The summed E-state index contributed by atoms with van der Waals surface area (Å²) in [6, 6.07) is 11.3. The lowest BCUT2D eigenvalue weighted by atomic mass is 10.2. The fourth-order valence-electron chi connectivity index (χ4n) is 1.89. The minimum Gasteiger partial charge on any atom is -0.451 e. The van der Waals surface area contributed by atoms with E-state index in [-0.39, 0.29) is 5.91 Å². The number of rotatable bonds is 4. The zero-order valence-corrected chi connectivity index (χ0v) is 10.7. The molecule has 20 heavy (non-hydrogen) atoms. The second-order valence-electron chi connectivity index (χ2n) is 4.30. The number of nitrogens with zero attached hydrogens (tertiary/aromatic N) is 2. The standard InChI is InChI=1S/C15H13N3O2/c19-15(16-9-13-10-20-11-17-13)12-3-5-14(6-4-12)18-7-1-2-8-18/h1-8,10-11H,9H2,(H,16,19). The van der Waals surface area contributed by atoms with E-state index in [1.165, 1.54) is 12.7 Å². The van der Waals surface area contributed by atoms with Crippen LogP contribution in [0.3, 0.4) is 0 Å². The van der Waals surface area contributed by atoms with E-state index < -0.39 is 0 Å². The Morgan fingerprint density at radius 3 is 2.60 bits per heavy atom. The van der Waals surface area contributed by atoms with Crippen LogP contribution in [0.2, 0.25) is 0 Å². The highest BCUT2D eigenvalue weighted by atomic mass is 16.3. The van der Waals surface area contributed by atoms with Gasteiger partial charge in [0.2, 0.25) is 0 Å². The Morgan fingerprint density at radius 2 is 1.95 bits per heavy atom. The molecule has 0 radical (unpaired) electrons. The maximum atomic E-state index is 12.0. The van der Waals surface area contributed by atoms with Crippen molar-refractivity contribution in [1.82, 2.24) is 14.9 Å². The lowest BCUT2D eigenvalue weighted by Gasteiger charge is -2.06. The Bertz CT molecular complexity index is 671.